The first-order chi connectivity index (χ1) is 10.3. The monoisotopic (exact) mass is 285 g/mol. The van der Waals surface area contributed by atoms with Crippen LogP contribution in [0.1, 0.15) is 12.8 Å². The molecule has 0 saturated carbocycles. The van der Waals surface area contributed by atoms with Gasteiger partial charge in [0.25, 0.3) is 0 Å². The zero-order valence-electron chi connectivity index (χ0n) is 12.2. The van der Waals surface area contributed by atoms with E-state index in [1.165, 1.54) is 0 Å². The molecule has 0 spiro atoms. The van der Waals surface area contributed by atoms with Gasteiger partial charge < -0.3 is 9.64 Å². The Kier molecular flexibility index (Phi) is 3.90. The van der Waals surface area contributed by atoms with Crippen molar-refractivity contribution in [3.63, 3.8) is 0 Å². The number of carbonyl (C=O) groups is 1. The van der Waals surface area contributed by atoms with Gasteiger partial charge in [-0.2, -0.15) is 5.10 Å². The Labute approximate surface area is 124 Å². The summed E-state index contributed by atoms with van der Waals surface area (Å²) in [5, 5.41) is 4.28. The molecule has 3 rings (SSSR count). The number of aromatic nitrogens is 2. The van der Waals surface area contributed by atoms with Gasteiger partial charge in [0.05, 0.1) is 12.8 Å². The van der Waals surface area contributed by atoms with Gasteiger partial charge >= 0.3 is 0 Å². The minimum atomic E-state index is 0.144. The molecule has 1 amide bonds. The first-order valence-corrected chi connectivity index (χ1v) is 7.22. The lowest BCUT2D eigenvalue weighted by Crippen LogP contribution is -2.31. The van der Waals surface area contributed by atoms with Crippen LogP contribution in [-0.2, 0) is 11.3 Å². The van der Waals surface area contributed by atoms with E-state index in [9.17, 15) is 4.79 Å². The Morgan fingerprint density at radius 1 is 1.19 bits per heavy atom. The summed E-state index contributed by atoms with van der Waals surface area (Å²) in [4.78, 5) is 14.2. The molecule has 1 saturated heterocycles. The summed E-state index contributed by atoms with van der Waals surface area (Å²) in [5.74, 6) is 0.962. The van der Waals surface area contributed by atoms with Crippen LogP contribution >= 0.6 is 0 Å². The molecular formula is C16H19N3O2. The molecule has 1 aromatic heterocycles. The third-order valence-electron chi connectivity index (χ3n) is 3.85. The van der Waals surface area contributed by atoms with Crippen molar-refractivity contribution in [3.8, 4) is 17.0 Å². The van der Waals surface area contributed by atoms with E-state index in [1.807, 2.05) is 35.2 Å². The average Bonchev–Trinajstić information content (AvgIpc) is 3.19. The second-order valence-electron chi connectivity index (χ2n) is 5.19. The van der Waals surface area contributed by atoms with E-state index in [0.717, 1.165) is 42.9 Å². The van der Waals surface area contributed by atoms with Crippen LogP contribution < -0.4 is 4.74 Å². The normalized spacial score (nSPS) is 14.4. The van der Waals surface area contributed by atoms with Crippen LogP contribution in [0.25, 0.3) is 11.3 Å². The maximum Gasteiger partial charge on any atom is 0.244 e. The standard InChI is InChI=1S/C16H19N3O2/c1-21-14-6-4-13(5-7-14)15-8-9-17-19(15)12-16(20)18-10-2-3-11-18/h4-9H,2-3,10-12H2,1H3. The molecule has 2 heterocycles. The van der Waals surface area contributed by atoms with Gasteiger partial charge in [0.1, 0.15) is 12.3 Å². The number of rotatable bonds is 4. The number of ether oxygens (including phenoxy) is 1. The van der Waals surface area contributed by atoms with Crippen LogP contribution in [0.2, 0.25) is 0 Å². The Hall–Kier alpha value is -2.30. The molecule has 0 unspecified atom stereocenters. The zero-order chi connectivity index (χ0) is 14.7. The van der Waals surface area contributed by atoms with Crippen LogP contribution in [0.3, 0.4) is 0 Å². The van der Waals surface area contributed by atoms with Crippen molar-refractivity contribution in [1.29, 1.82) is 0 Å². The number of hydrogen-bond acceptors (Lipinski definition) is 3. The fourth-order valence-electron chi connectivity index (χ4n) is 2.66. The van der Waals surface area contributed by atoms with Crippen molar-refractivity contribution in [2.75, 3.05) is 20.2 Å². The molecule has 2 aromatic rings. The summed E-state index contributed by atoms with van der Waals surface area (Å²) in [5.41, 5.74) is 1.98. The summed E-state index contributed by atoms with van der Waals surface area (Å²) in [7, 11) is 1.65. The summed E-state index contributed by atoms with van der Waals surface area (Å²) in [6, 6.07) is 9.71. The van der Waals surface area contributed by atoms with Gasteiger partial charge in [-0.05, 0) is 43.2 Å². The molecule has 0 radical (unpaired) electrons. The fourth-order valence-corrected chi connectivity index (χ4v) is 2.66. The molecule has 0 bridgehead atoms. The third-order valence-corrected chi connectivity index (χ3v) is 3.85. The van der Waals surface area contributed by atoms with Crippen LogP contribution in [-0.4, -0.2) is 40.8 Å². The van der Waals surface area contributed by atoms with E-state index in [2.05, 4.69) is 5.10 Å². The highest BCUT2D eigenvalue weighted by atomic mass is 16.5. The summed E-state index contributed by atoms with van der Waals surface area (Å²) < 4.78 is 6.93. The number of methoxy groups -OCH3 is 1. The lowest BCUT2D eigenvalue weighted by molar-refractivity contribution is -0.130. The van der Waals surface area contributed by atoms with Crippen molar-refractivity contribution >= 4 is 5.91 Å². The molecule has 21 heavy (non-hydrogen) atoms. The first-order valence-electron chi connectivity index (χ1n) is 7.22. The lowest BCUT2D eigenvalue weighted by Gasteiger charge is -2.16. The van der Waals surface area contributed by atoms with Gasteiger partial charge in [-0.15, -0.1) is 0 Å². The van der Waals surface area contributed by atoms with Crippen LogP contribution in [0.4, 0.5) is 0 Å². The highest BCUT2D eigenvalue weighted by Gasteiger charge is 2.19. The highest BCUT2D eigenvalue weighted by molar-refractivity contribution is 5.77. The number of hydrogen-bond donors (Lipinski definition) is 0. The zero-order valence-corrected chi connectivity index (χ0v) is 12.2. The van der Waals surface area contributed by atoms with E-state index in [-0.39, 0.29) is 5.91 Å². The molecule has 1 aromatic carbocycles. The Bertz CT molecular complexity index is 613. The maximum absolute atomic E-state index is 12.2. The van der Waals surface area contributed by atoms with Crippen molar-refractivity contribution in [2.45, 2.75) is 19.4 Å². The highest BCUT2D eigenvalue weighted by Crippen LogP contribution is 2.22. The minimum Gasteiger partial charge on any atom is -0.497 e. The fraction of sp³-hybridized carbons (Fsp3) is 0.375. The molecule has 0 N–H and O–H groups in total. The van der Waals surface area contributed by atoms with E-state index >= 15 is 0 Å². The predicted molar refractivity (Wildman–Crippen MR) is 80.0 cm³/mol. The molecule has 1 fully saturated rings. The Balaban J connectivity index is 1.78. The Morgan fingerprint density at radius 3 is 2.57 bits per heavy atom. The second-order valence-corrected chi connectivity index (χ2v) is 5.19. The molecule has 0 atom stereocenters. The molecular weight excluding hydrogens is 266 g/mol. The number of carbonyl (C=O) groups excluding carboxylic acids is 1. The third kappa shape index (κ3) is 2.91. The molecule has 5 heteroatoms. The maximum atomic E-state index is 12.2. The Morgan fingerprint density at radius 2 is 1.90 bits per heavy atom. The van der Waals surface area contributed by atoms with E-state index in [0.29, 0.717) is 6.54 Å². The molecule has 1 aliphatic heterocycles. The van der Waals surface area contributed by atoms with Crippen molar-refractivity contribution in [2.24, 2.45) is 0 Å². The van der Waals surface area contributed by atoms with Crippen LogP contribution in [0, 0.1) is 0 Å². The van der Waals surface area contributed by atoms with E-state index in [4.69, 9.17) is 4.74 Å². The first kappa shape index (κ1) is 13.7. The average molecular weight is 285 g/mol. The number of benzene rings is 1. The van der Waals surface area contributed by atoms with Gasteiger partial charge in [0, 0.05) is 24.8 Å². The number of nitrogens with zero attached hydrogens (tertiary/aromatic N) is 3. The van der Waals surface area contributed by atoms with E-state index in [1.54, 1.807) is 18.0 Å². The molecule has 110 valence electrons. The van der Waals surface area contributed by atoms with Gasteiger partial charge in [0.2, 0.25) is 5.91 Å². The topological polar surface area (TPSA) is 47.4 Å². The minimum absolute atomic E-state index is 0.144. The summed E-state index contributed by atoms with van der Waals surface area (Å²) in [6.07, 6.45) is 3.95. The van der Waals surface area contributed by atoms with Gasteiger partial charge in [-0.25, -0.2) is 0 Å². The van der Waals surface area contributed by atoms with Crippen molar-refractivity contribution in [3.05, 3.63) is 36.5 Å². The van der Waals surface area contributed by atoms with Gasteiger partial charge in [0.15, 0.2) is 0 Å². The SMILES string of the molecule is COc1ccc(-c2ccnn2CC(=O)N2CCCC2)cc1. The molecule has 1 aliphatic rings. The molecule has 5 nitrogen and oxygen atoms in total. The summed E-state index contributed by atoms with van der Waals surface area (Å²) in [6.45, 7) is 2.05. The van der Waals surface area contributed by atoms with Crippen molar-refractivity contribution < 1.29 is 9.53 Å². The number of amides is 1. The molecule has 0 aliphatic carbocycles. The van der Waals surface area contributed by atoms with Crippen LogP contribution in [0.5, 0.6) is 5.75 Å². The second kappa shape index (κ2) is 5.99. The van der Waals surface area contributed by atoms with Gasteiger partial charge in [-0.1, -0.05) is 0 Å². The van der Waals surface area contributed by atoms with Crippen molar-refractivity contribution in [1.82, 2.24) is 14.7 Å². The quantitative estimate of drug-likeness (QED) is 0.865. The predicted octanol–water partition coefficient (Wildman–Crippen LogP) is 2.18. The lowest BCUT2D eigenvalue weighted by atomic mass is 10.1. The largest absolute Gasteiger partial charge is 0.497 e. The number of likely N-dealkylation sites (tertiary alicyclic amines) is 1. The van der Waals surface area contributed by atoms with Crippen LogP contribution in [0.15, 0.2) is 36.5 Å². The summed E-state index contributed by atoms with van der Waals surface area (Å²) >= 11 is 0. The van der Waals surface area contributed by atoms with E-state index < -0.39 is 0 Å². The van der Waals surface area contributed by atoms with Gasteiger partial charge in [-0.3, -0.25) is 9.48 Å². The smallest absolute Gasteiger partial charge is 0.244 e.